The minimum Gasteiger partial charge on any atom is -0.381 e. The minimum absolute atomic E-state index is 0.117. The van der Waals surface area contributed by atoms with Crippen LogP contribution in [-0.4, -0.2) is 6.04 Å². The van der Waals surface area contributed by atoms with Crippen molar-refractivity contribution < 1.29 is 0 Å². The monoisotopic (exact) mass is 365 g/mol. The minimum atomic E-state index is 0.117. The Morgan fingerprint density at radius 2 is 1.81 bits per heavy atom. The van der Waals surface area contributed by atoms with Gasteiger partial charge in [0, 0.05) is 10.5 Å². The van der Waals surface area contributed by atoms with Gasteiger partial charge < -0.3 is 5.32 Å². The van der Waals surface area contributed by atoms with Crippen LogP contribution < -0.4 is 5.32 Å². The van der Waals surface area contributed by atoms with Crippen molar-refractivity contribution in [3.63, 3.8) is 0 Å². The molecule has 0 aliphatic heterocycles. The fourth-order valence-electron chi connectivity index (χ4n) is 2.70. The van der Waals surface area contributed by atoms with Gasteiger partial charge in [0.05, 0.1) is 10.7 Å². The van der Waals surface area contributed by atoms with Crippen LogP contribution in [0.5, 0.6) is 0 Å². The van der Waals surface area contributed by atoms with Crippen molar-refractivity contribution in [3.8, 4) is 0 Å². The van der Waals surface area contributed by atoms with Crippen molar-refractivity contribution in [2.24, 2.45) is 0 Å². The molecule has 0 spiro atoms. The molecule has 3 heteroatoms. The molecule has 0 aromatic heterocycles. The van der Waals surface area contributed by atoms with E-state index in [9.17, 15) is 0 Å². The fraction of sp³-hybridized carbons (Fsp3) is 0.333. The SMILES string of the molecule is CC(CC(C)(C)c1ccccc1)Nc1cc(Br)ccc1Cl. The first-order valence-corrected chi connectivity index (χ1v) is 8.33. The van der Waals surface area contributed by atoms with E-state index in [2.05, 4.69) is 72.3 Å². The highest BCUT2D eigenvalue weighted by molar-refractivity contribution is 9.10. The molecule has 0 fully saturated rings. The summed E-state index contributed by atoms with van der Waals surface area (Å²) in [6.45, 7) is 6.76. The third-order valence-electron chi connectivity index (χ3n) is 3.70. The lowest BCUT2D eigenvalue weighted by Crippen LogP contribution is -2.27. The zero-order valence-corrected chi connectivity index (χ0v) is 15.0. The van der Waals surface area contributed by atoms with E-state index < -0.39 is 0 Å². The maximum atomic E-state index is 6.25. The number of hydrogen-bond donors (Lipinski definition) is 1. The molecule has 0 radical (unpaired) electrons. The zero-order valence-electron chi connectivity index (χ0n) is 12.7. The van der Waals surface area contributed by atoms with Crippen LogP contribution in [0.25, 0.3) is 0 Å². The third-order valence-corrected chi connectivity index (χ3v) is 4.52. The Kier molecular flexibility index (Phi) is 5.34. The van der Waals surface area contributed by atoms with Gasteiger partial charge in [-0.3, -0.25) is 0 Å². The molecule has 1 nitrogen and oxygen atoms in total. The van der Waals surface area contributed by atoms with Crippen LogP contribution in [0.15, 0.2) is 53.0 Å². The van der Waals surface area contributed by atoms with Crippen molar-refractivity contribution in [2.75, 3.05) is 5.32 Å². The predicted octanol–water partition coefficient (Wildman–Crippen LogP) is 6.27. The number of nitrogens with one attached hydrogen (secondary N) is 1. The third kappa shape index (κ3) is 4.49. The predicted molar refractivity (Wildman–Crippen MR) is 96.3 cm³/mol. The Balaban J connectivity index is 2.07. The molecule has 1 N–H and O–H groups in total. The van der Waals surface area contributed by atoms with Crippen molar-refractivity contribution >= 4 is 33.2 Å². The molecule has 0 heterocycles. The number of benzene rings is 2. The van der Waals surface area contributed by atoms with E-state index in [0.29, 0.717) is 6.04 Å². The van der Waals surface area contributed by atoms with E-state index in [1.54, 1.807) is 0 Å². The molecule has 21 heavy (non-hydrogen) atoms. The molecule has 2 rings (SSSR count). The van der Waals surface area contributed by atoms with Crippen LogP contribution in [0.2, 0.25) is 5.02 Å². The summed E-state index contributed by atoms with van der Waals surface area (Å²) in [5.41, 5.74) is 2.45. The summed E-state index contributed by atoms with van der Waals surface area (Å²) in [6.07, 6.45) is 1.03. The zero-order chi connectivity index (χ0) is 15.5. The summed E-state index contributed by atoms with van der Waals surface area (Å²) >= 11 is 9.73. The Bertz CT molecular complexity index is 595. The van der Waals surface area contributed by atoms with Gasteiger partial charge in [0.1, 0.15) is 0 Å². The Morgan fingerprint density at radius 1 is 1.14 bits per heavy atom. The molecule has 1 unspecified atom stereocenters. The van der Waals surface area contributed by atoms with Crippen LogP contribution in [0.4, 0.5) is 5.69 Å². The van der Waals surface area contributed by atoms with Gasteiger partial charge in [-0.1, -0.05) is 71.7 Å². The van der Waals surface area contributed by atoms with Gasteiger partial charge in [0.15, 0.2) is 0 Å². The highest BCUT2D eigenvalue weighted by Crippen LogP contribution is 2.31. The van der Waals surface area contributed by atoms with Gasteiger partial charge in [-0.15, -0.1) is 0 Å². The van der Waals surface area contributed by atoms with E-state index in [-0.39, 0.29) is 5.41 Å². The molecule has 2 aromatic carbocycles. The maximum absolute atomic E-state index is 6.25. The molecule has 0 amide bonds. The van der Waals surface area contributed by atoms with E-state index in [0.717, 1.165) is 21.6 Å². The number of hydrogen-bond acceptors (Lipinski definition) is 1. The highest BCUT2D eigenvalue weighted by Gasteiger charge is 2.23. The molecule has 0 aliphatic rings. The van der Waals surface area contributed by atoms with Crippen molar-refractivity contribution in [2.45, 2.75) is 38.6 Å². The highest BCUT2D eigenvalue weighted by atomic mass is 79.9. The Labute approximate surface area is 140 Å². The lowest BCUT2D eigenvalue weighted by Gasteiger charge is -2.30. The van der Waals surface area contributed by atoms with Crippen LogP contribution in [-0.2, 0) is 5.41 Å². The normalized spacial score (nSPS) is 13.0. The van der Waals surface area contributed by atoms with Gasteiger partial charge in [-0.25, -0.2) is 0 Å². The second-order valence-electron chi connectivity index (χ2n) is 6.12. The van der Waals surface area contributed by atoms with Crippen LogP contribution in [0.1, 0.15) is 32.8 Å². The second-order valence-corrected chi connectivity index (χ2v) is 7.45. The van der Waals surface area contributed by atoms with Crippen LogP contribution in [0, 0.1) is 0 Å². The van der Waals surface area contributed by atoms with Gasteiger partial charge in [0.2, 0.25) is 0 Å². The summed E-state index contributed by atoms with van der Waals surface area (Å²) in [6, 6.07) is 16.8. The Morgan fingerprint density at radius 3 is 2.48 bits per heavy atom. The molecule has 0 aliphatic carbocycles. The summed E-state index contributed by atoms with van der Waals surface area (Å²) in [4.78, 5) is 0. The quantitative estimate of drug-likeness (QED) is 0.657. The molecular weight excluding hydrogens is 346 g/mol. The van der Waals surface area contributed by atoms with Crippen LogP contribution >= 0.6 is 27.5 Å². The molecule has 1 atom stereocenters. The first-order chi connectivity index (χ1) is 9.88. The topological polar surface area (TPSA) is 12.0 Å². The maximum Gasteiger partial charge on any atom is 0.0638 e. The summed E-state index contributed by atoms with van der Waals surface area (Å²) in [5.74, 6) is 0. The van der Waals surface area contributed by atoms with E-state index in [4.69, 9.17) is 11.6 Å². The van der Waals surface area contributed by atoms with E-state index >= 15 is 0 Å². The number of halogens is 2. The smallest absolute Gasteiger partial charge is 0.0638 e. The number of anilines is 1. The van der Waals surface area contributed by atoms with Crippen molar-refractivity contribution in [1.29, 1.82) is 0 Å². The Hall–Kier alpha value is -0.990. The fourth-order valence-corrected chi connectivity index (χ4v) is 3.23. The lowest BCUT2D eigenvalue weighted by molar-refractivity contribution is 0.450. The number of rotatable bonds is 5. The molecule has 112 valence electrons. The molecule has 0 bridgehead atoms. The summed E-state index contributed by atoms with van der Waals surface area (Å²) in [7, 11) is 0. The van der Waals surface area contributed by atoms with E-state index in [1.807, 2.05) is 18.2 Å². The molecule has 2 aromatic rings. The molecule has 0 saturated carbocycles. The average Bonchev–Trinajstić information content (AvgIpc) is 2.43. The standard InChI is InChI=1S/C18H21BrClN/c1-13(21-17-11-15(19)9-10-16(17)20)12-18(2,3)14-7-5-4-6-8-14/h4-11,13,21H,12H2,1-3H3. The van der Waals surface area contributed by atoms with Gasteiger partial charge >= 0.3 is 0 Å². The van der Waals surface area contributed by atoms with Crippen LogP contribution in [0.3, 0.4) is 0 Å². The first kappa shape index (κ1) is 16.4. The average molecular weight is 367 g/mol. The summed E-state index contributed by atoms with van der Waals surface area (Å²) < 4.78 is 1.03. The van der Waals surface area contributed by atoms with Gasteiger partial charge in [-0.05, 0) is 42.5 Å². The molecular formula is C18H21BrClN. The molecule has 0 saturated heterocycles. The largest absolute Gasteiger partial charge is 0.381 e. The van der Waals surface area contributed by atoms with Crippen molar-refractivity contribution in [3.05, 3.63) is 63.6 Å². The van der Waals surface area contributed by atoms with Gasteiger partial charge in [0.25, 0.3) is 0 Å². The lowest BCUT2D eigenvalue weighted by atomic mass is 9.79. The van der Waals surface area contributed by atoms with Crippen molar-refractivity contribution in [1.82, 2.24) is 0 Å². The second kappa shape index (κ2) is 6.85. The first-order valence-electron chi connectivity index (χ1n) is 7.15. The van der Waals surface area contributed by atoms with Gasteiger partial charge in [-0.2, -0.15) is 0 Å². The van der Waals surface area contributed by atoms with E-state index in [1.165, 1.54) is 5.56 Å². The summed E-state index contributed by atoms with van der Waals surface area (Å²) in [5, 5.41) is 4.27.